The summed E-state index contributed by atoms with van der Waals surface area (Å²) >= 11 is 1.42. The van der Waals surface area contributed by atoms with Crippen LogP contribution >= 0.6 is 11.3 Å². The van der Waals surface area contributed by atoms with Gasteiger partial charge in [0, 0.05) is 25.2 Å². The molecule has 35 heavy (non-hydrogen) atoms. The van der Waals surface area contributed by atoms with Crippen molar-refractivity contribution in [2.75, 3.05) is 19.7 Å². The van der Waals surface area contributed by atoms with Crippen LogP contribution in [0.2, 0.25) is 0 Å². The van der Waals surface area contributed by atoms with E-state index >= 15 is 0 Å². The molecule has 2 aliphatic heterocycles. The van der Waals surface area contributed by atoms with Crippen molar-refractivity contribution in [3.8, 4) is 5.75 Å². The molecular formula is C23H27N7O4S. The lowest BCUT2D eigenvalue weighted by Gasteiger charge is -2.20. The summed E-state index contributed by atoms with van der Waals surface area (Å²) < 4.78 is 13.6. The highest BCUT2D eigenvalue weighted by molar-refractivity contribution is 7.13. The quantitative estimate of drug-likeness (QED) is 0.568. The van der Waals surface area contributed by atoms with Gasteiger partial charge in [0.1, 0.15) is 17.2 Å². The second kappa shape index (κ2) is 9.70. The normalized spacial score (nSPS) is 20.6. The van der Waals surface area contributed by atoms with Crippen LogP contribution in [0.25, 0.3) is 0 Å². The minimum absolute atomic E-state index is 0.108. The molecule has 0 saturated carbocycles. The van der Waals surface area contributed by atoms with Crippen LogP contribution in [-0.4, -0.2) is 73.5 Å². The fourth-order valence-corrected chi connectivity index (χ4v) is 5.16. The van der Waals surface area contributed by atoms with Crippen LogP contribution < -0.4 is 10.1 Å². The lowest BCUT2D eigenvalue weighted by molar-refractivity contribution is 0.0290. The maximum absolute atomic E-state index is 13.4. The first-order valence-corrected chi connectivity index (χ1v) is 12.4. The first-order valence-electron chi connectivity index (χ1n) is 11.5. The highest BCUT2D eigenvalue weighted by Crippen LogP contribution is 2.28. The molecule has 0 aliphatic carbocycles. The Morgan fingerprint density at radius 2 is 2.17 bits per heavy atom. The topological polar surface area (TPSA) is 124 Å². The van der Waals surface area contributed by atoms with Gasteiger partial charge >= 0.3 is 0 Å². The fraction of sp³-hybridized carbons (Fsp3) is 0.478. The third-order valence-electron chi connectivity index (χ3n) is 5.97. The van der Waals surface area contributed by atoms with Gasteiger partial charge in [-0.2, -0.15) is 0 Å². The molecule has 1 saturated heterocycles. The standard InChI is InChI=1S/C23H27N7O4S/c1-13(2)22-25-14(3)20(35-22)23(32)29-10-16-18(11-29)34-12-15-9-30(28-27-15)7-8-33-17-5-4-6-24-19(17)21(31)26-16/h4-6,9,13,16,18H,7-8,10-12H2,1-3H3,(H,26,31)/t16-,18-/m0/s1. The summed E-state index contributed by atoms with van der Waals surface area (Å²) in [5.41, 5.74) is 1.57. The van der Waals surface area contributed by atoms with Gasteiger partial charge in [0.25, 0.3) is 11.8 Å². The molecular weight excluding hydrogens is 470 g/mol. The number of likely N-dealkylation sites (tertiary alicyclic amines) is 1. The van der Waals surface area contributed by atoms with Crippen LogP contribution in [0.15, 0.2) is 24.5 Å². The molecule has 0 spiro atoms. The summed E-state index contributed by atoms with van der Waals surface area (Å²) in [5.74, 6) is 0.140. The van der Waals surface area contributed by atoms with Crippen LogP contribution in [0.3, 0.4) is 0 Å². The molecule has 2 aliphatic rings. The number of ether oxygens (including phenoxy) is 2. The largest absolute Gasteiger partial charge is 0.489 e. The van der Waals surface area contributed by atoms with Gasteiger partial charge in [-0.05, 0) is 19.1 Å². The van der Waals surface area contributed by atoms with E-state index in [-0.39, 0.29) is 30.0 Å². The number of pyridine rings is 1. The van der Waals surface area contributed by atoms with Gasteiger partial charge in [-0.3, -0.25) is 9.59 Å². The van der Waals surface area contributed by atoms with Crippen molar-refractivity contribution in [1.82, 2.24) is 35.2 Å². The first-order chi connectivity index (χ1) is 16.9. The number of fused-ring (bicyclic) bond motifs is 4. The molecule has 0 aromatic carbocycles. The SMILES string of the molecule is Cc1nc(C(C)C)sc1C(=O)N1C[C@@H]2NC(=O)c3ncccc3OCCn3cc(nn3)CO[C@H]2C1. The van der Waals surface area contributed by atoms with Crippen molar-refractivity contribution < 1.29 is 19.1 Å². The summed E-state index contributed by atoms with van der Waals surface area (Å²) in [6.45, 7) is 7.58. The van der Waals surface area contributed by atoms with Crippen LogP contribution in [-0.2, 0) is 17.9 Å². The molecule has 3 aromatic heterocycles. The van der Waals surface area contributed by atoms with E-state index in [2.05, 4.69) is 39.4 Å². The summed E-state index contributed by atoms with van der Waals surface area (Å²) in [6.07, 6.45) is 2.92. The zero-order chi connectivity index (χ0) is 24.5. The molecule has 2 atom stereocenters. The molecule has 3 aromatic rings. The third kappa shape index (κ3) is 4.89. The van der Waals surface area contributed by atoms with E-state index in [0.29, 0.717) is 42.6 Å². The highest BCUT2D eigenvalue weighted by Gasteiger charge is 2.39. The minimum atomic E-state index is -0.433. The number of carbonyl (C=O) groups excluding carboxylic acids is 2. The summed E-state index contributed by atoms with van der Waals surface area (Å²) in [5, 5.41) is 12.2. The van der Waals surface area contributed by atoms with Gasteiger partial charge in [0.15, 0.2) is 11.4 Å². The Bertz CT molecular complexity index is 1240. The molecule has 2 amide bonds. The predicted octanol–water partition coefficient (Wildman–Crippen LogP) is 1.79. The zero-order valence-corrected chi connectivity index (χ0v) is 20.6. The summed E-state index contributed by atoms with van der Waals surface area (Å²) in [7, 11) is 0. The molecule has 12 heteroatoms. The summed E-state index contributed by atoms with van der Waals surface area (Å²) in [4.78, 5) is 37.7. The molecule has 0 radical (unpaired) electrons. The Hall–Kier alpha value is -3.38. The molecule has 184 valence electrons. The number of carbonyl (C=O) groups is 2. The van der Waals surface area contributed by atoms with Gasteiger partial charge in [-0.15, -0.1) is 16.4 Å². The highest BCUT2D eigenvalue weighted by atomic mass is 32.1. The van der Waals surface area contributed by atoms with Crippen molar-refractivity contribution >= 4 is 23.2 Å². The van der Waals surface area contributed by atoms with E-state index in [4.69, 9.17) is 9.47 Å². The number of nitrogens with zero attached hydrogens (tertiary/aromatic N) is 6. The molecule has 5 rings (SSSR count). The number of amides is 2. The number of nitrogens with one attached hydrogen (secondary N) is 1. The van der Waals surface area contributed by atoms with Gasteiger partial charge < -0.3 is 19.7 Å². The van der Waals surface area contributed by atoms with Crippen LogP contribution in [0.1, 0.15) is 56.3 Å². The van der Waals surface area contributed by atoms with E-state index < -0.39 is 12.1 Å². The zero-order valence-electron chi connectivity index (χ0n) is 19.8. The van der Waals surface area contributed by atoms with E-state index in [1.54, 1.807) is 34.1 Å². The molecule has 1 fully saturated rings. The Labute approximate surface area is 206 Å². The van der Waals surface area contributed by atoms with Crippen molar-refractivity contribution in [3.63, 3.8) is 0 Å². The second-order valence-corrected chi connectivity index (χ2v) is 9.96. The van der Waals surface area contributed by atoms with Crippen LogP contribution in [0.5, 0.6) is 5.75 Å². The molecule has 5 heterocycles. The van der Waals surface area contributed by atoms with E-state index in [1.165, 1.54) is 11.3 Å². The van der Waals surface area contributed by atoms with Crippen LogP contribution in [0, 0.1) is 6.92 Å². The van der Waals surface area contributed by atoms with Gasteiger partial charge in [-0.25, -0.2) is 14.6 Å². The number of aromatic nitrogens is 5. The molecule has 0 unspecified atom stereocenters. The van der Waals surface area contributed by atoms with Crippen molar-refractivity contribution in [2.45, 2.75) is 52.0 Å². The molecule has 11 nitrogen and oxygen atoms in total. The molecule has 1 N–H and O–H groups in total. The van der Waals surface area contributed by atoms with Crippen molar-refractivity contribution in [3.05, 3.63) is 51.5 Å². The number of rotatable bonds is 2. The number of thiazole rings is 1. The monoisotopic (exact) mass is 497 g/mol. The average molecular weight is 498 g/mol. The maximum atomic E-state index is 13.4. The minimum Gasteiger partial charge on any atom is -0.489 e. The lowest BCUT2D eigenvalue weighted by atomic mass is 10.2. The predicted molar refractivity (Wildman–Crippen MR) is 126 cm³/mol. The number of hydrogen-bond donors (Lipinski definition) is 1. The summed E-state index contributed by atoms with van der Waals surface area (Å²) in [6, 6.07) is 2.99. The lowest BCUT2D eigenvalue weighted by Crippen LogP contribution is -2.44. The molecule has 2 bridgehead atoms. The van der Waals surface area contributed by atoms with Gasteiger partial charge in [-0.1, -0.05) is 19.1 Å². The Kier molecular flexibility index (Phi) is 6.48. The third-order valence-corrected chi connectivity index (χ3v) is 7.41. The first kappa shape index (κ1) is 23.4. The smallest absolute Gasteiger partial charge is 0.274 e. The average Bonchev–Trinajstić information content (AvgIpc) is 3.56. The Morgan fingerprint density at radius 1 is 1.31 bits per heavy atom. The van der Waals surface area contributed by atoms with Gasteiger partial charge in [0.05, 0.1) is 42.2 Å². The Morgan fingerprint density at radius 3 is 2.97 bits per heavy atom. The number of hydrogen-bond acceptors (Lipinski definition) is 9. The Balaban J connectivity index is 1.41. The second-order valence-electron chi connectivity index (χ2n) is 8.93. The maximum Gasteiger partial charge on any atom is 0.274 e. The van der Waals surface area contributed by atoms with E-state index in [9.17, 15) is 9.59 Å². The van der Waals surface area contributed by atoms with Crippen LogP contribution in [0.4, 0.5) is 0 Å². The van der Waals surface area contributed by atoms with Crippen molar-refractivity contribution in [2.24, 2.45) is 0 Å². The van der Waals surface area contributed by atoms with E-state index in [0.717, 1.165) is 10.7 Å². The fourth-order valence-electron chi connectivity index (χ4n) is 4.12. The van der Waals surface area contributed by atoms with E-state index in [1.807, 2.05) is 6.92 Å². The van der Waals surface area contributed by atoms with Crippen molar-refractivity contribution in [1.29, 1.82) is 0 Å². The van der Waals surface area contributed by atoms with Gasteiger partial charge in [0.2, 0.25) is 0 Å². The number of aryl methyl sites for hydroxylation is 1.